The number of piperidine rings is 1. The van der Waals surface area contributed by atoms with Gasteiger partial charge in [-0.2, -0.15) is 0 Å². The molecule has 2 heterocycles. The topological polar surface area (TPSA) is 108 Å². The molecule has 1 aromatic carbocycles. The molecular formula is C20H26N4O4S2. The molecule has 1 fully saturated rings. The fourth-order valence-electron chi connectivity index (χ4n) is 3.26. The molecule has 0 bridgehead atoms. The summed E-state index contributed by atoms with van der Waals surface area (Å²) in [6.45, 7) is 6.68. The van der Waals surface area contributed by atoms with Gasteiger partial charge in [0.25, 0.3) is 10.0 Å². The Balaban J connectivity index is 1.62. The SMILES string of the molecule is CC(C)(C)C(=O)N1CCCC(C(=O)Nc2ccc(S(=O)(=O)Nc3nccs3)cc2)C1. The van der Waals surface area contributed by atoms with Crippen LogP contribution in [0.5, 0.6) is 0 Å². The van der Waals surface area contributed by atoms with E-state index >= 15 is 0 Å². The van der Waals surface area contributed by atoms with Crippen LogP contribution < -0.4 is 10.0 Å². The summed E-state index contributed by atoms with van der Waals surface area (Å²) in [7, 11) is -3.74. The minimum atomic E-state index is -3.74. The van der Waals surface area contributed by atoms with E-state index in [4.69, 9.17) is 0 Å². The molecule has 1 unspecified atom stereocenters. The molecule has 1 atom stereocenters. The Bertz CT molecular complexity index is 996. The number of nitrogens with zero attached hydrogens (tertiary/aromatic N) is 2. The maximum absolute atomic E-state index is 12.7. The molecule has 10 heteroatoms. The smallest absolute Gasteiger partial charge is 0.263 e. The summed E-state index contributed by atoms with van der Waals surface area (Å²) in [5, 5.41) is 4.80. The standard InChI is InChI=1S/C20H26N4O4S2/c1-20(2,3)18(26)24-11-4-5-14(13-24)17(25)22-15-6-8-16(9-7-15)30(27,28)23-19-21-10-12-29-19/h6-10,12,14H,4-5,11,13H2,1-3H3,(H,21,23)(H,22,25). The van der Waals surface area contributed by atoms with Crippen LogP contribution in [0, 0.1) is 11.3 Å². The number of nitrogens with one attached hydrogen (secondary N) is 2. The highest BCUT2D eigenvalue weighted by Gasteiger charge is 2.33. The molecule has 1 aliphatic heterocycles. The number of carbonyl (C=O) groups excluding carboxylic acids is 2. The van der Waals surface area contributed by atoms with Crippen molar-refractivity contribution in [3.8, 4) is 0 Å². The quantitative estimate of drug-likeness (QED) is 0.727. The first kappa shape index (κ1) is 22.2. The molecular weight excluding hydrogens is 424 g/mol. The summed E-state index contributed by atoms with van der Waals surface area (Å²) in [5.74, 6) is -0.416. The number of anilines is 2. The Morgan fingerprint density at radius 1 is 1.20 bits per heavy atom. The molecule has 3 rings (SSSR count). The van der Waals surface area contributed by atoms with Crippen LogP contribution in [0.15, 0.2) is 40.7 Å². The number of likely N-dealkylation sites (tertiary alicyclic amines) is 1. The van der Waals surface area contributed by atoms with Crippen LogP contribution in [0.3, 0.4) is 0 Å². The zero-order valence-corrected chi connectivity index (χ0v) is 18.8. The molecule has 0 aliphatic carbocycles. The summed E-state index contributed by atoms with van der Waals surface area (Å²) >= 11 is 1.19. The van der Waals surface area contributed by atoms with Crippen molar-refractivity contribution in [2.45, 2.75) is 38.5 Å². The van der Waals surface area contributed by atoms with Crippen molar-refractivity contribution in [3.63, 3.8) is 0 Å². The minimum absolute atomic E-state index is 0.0438. The Kier molecular flexibility index (Phi) is 6.47. The van der Waals surface area contributed by atoms with Gasteiger partial charge in [0, 0.05) is 35.8 Å². The second-order valence-electron chi connectivity index (χ2n) is 8.30. The lowest BCUT2D eigenvalue weighted by Crippen LogP contribution is -2.47. The average Bonchev–Trinajstić information content (AvgIpc) is 3.19. The lowest BCUT2D eigenvalue weighted by molar-refractivity contribution is -0.142. The number of carbonyl (C=O) groups is 2. The van der Waals surface area contributed by atoms with Crippen LogP contribution in [0.4, 0.5) is 10.8 Å². The highest BCUT2D eigenvalue weighted by atomic mass is 32.2. The molecule has 1 saturated heterocycles. The summed E-state index contributed by atoms with van der Waals surface area (Å²) < 4.78 is 27.2. The van der Waals surface area contributed by atoms with Crippen molar-refractivity contribution in [1.29, 1.82) is 0 Å². The van der Waals surface area contributed by atoms with E-state index in [-0.39, 0.29) is 22.6 Å². The Morgan fingerprint density at radius 2 is 1.90 bits per heavy atom. The van der Waals surface area contributed by atoms with Crippen LogP contribution in [0.1, 0.15) is 33.6 Å². The highest BCUT2D eigenvalue weighted by Crippen LogP contribution is 2.25. The Hall–Kier alpha value is -2.46. The summed E-state index contributed by atoms with van der Waals surface area (Å²) in [6.07, 6.45) is 3.01. The summed E-state index contributed by atoms with van der Waals surface area (Å²) in [5.41, 5.74) is 0.0271. The van der Waals surface area contributed by atoms with Gasteiger partial charge in [-0.15, -0.1) is 11.3 Å². The lowest BCUT2D eigenvalue weighted by atomic mass is 9.91. The van der Waals surface area contributed by atoms with Gasteiger partial charge in [-0.25, -0.2) is 13.4 Å². The molecule has 2 amide bonds. The fraction of sp³-hybridized carbons (Fsp3) is 0.450. The second-order valence-corrected chi connectivity index (χ2v) is 10.9. The lowest BCUT2D eigenvalue weighted by Gasteiger charge is -2.35. The highest BCUT2D eigenvalue weighted by molar-refractivity contribution is 7.93. The van der Waals surface area contributed by atoms with Crippen molar-refractivity contribution in [1.82, 2.24) is 9.88 Å². The van der Waals surface area contributed by atoms with Crippen molar-refractivity contribution >= 4 is 44.0 Å². The van der Waals surface area contributed by atoms with E-state index in [0.29, 0.717) is 30.3 Å². The molecule has 0 radical (unpaired) electrons. The summed E-state index contributed by atoms with van der Waals surface area (Å²) in [4.78, 5) is 31.0. The van der Waals surface area contributed by atoms with E-state index in [9.17, 15) is 18.0 Å². The molecule has 0 spiro atoms. The third kappa shape index (κ3) is 5.37. The second kappa shape index (κ2) is 8.73. The van der Waals surface area contributed by atoms with Crippen LogP contribution in [-0.4, -0.2) is 43.2 Å². The summed E-state index contributed by atoms with van der Waals surface area (Å²) in [6, 6.07) is 5.97. The third-order valence-electron chi connectivity index (χ3n) is 4.81. The largest absolute Gasteiger partial charge is 0.341 e. The predicted molar refractivity (Wildman–Crippen MR) is 117 cm³/mol. The fourth-order valence-corrected chi connectivity index (χ4v) is 5.05. The van der Waals surface area contributed by atoms with Gasteiger partial charge >= 0.3 is 0 Å². The Morgan fingerprint density at radius 3 is 2.50 bits per heavy atom. The van der Waals surface area contributed by atoms with Gasteiger partial charge in [0.05, 0.1) is 10.8 Å². The molecule has 30 heavy (non-hydrogen) atoms. The van der Waals surface area contributed by atoms with Crippen molar-refractivity contribution in [2.24, 2.45) is 11.3 Å². The number of benzene rings is 1. The van der Waals surface area contributed by atoms with Gasteiger partial charge in [0.2, 0.25) is 11.8 Å². The van der Waals surface area contributed by atoms with E-state index in [1.807, 2.05) is 20.8 Å². The third-order valence-corrected chi connectivity index (χ3v) is 6.98. The first-order chi connectivity index (χ1) is 14.1. The van der Waals surface area contributed by atoms with Gasteiger partial charge in [-0.3, -0.25) is 14.3 Å². The van der Waals surface area contributed by atoms with Gasteiger partial charge in [0.1, 0.15) is 0 Å². The van der Waals surface area contributed by atoms with Crippen molar-refractivity contribution in [3.05, 3.63) is 35.8 Å². The first-order valence-corrected chi connectivity index (χ1v) is 12.1. The number of sulfonamides is 1. The maximum Gasteiger partial charge on any atom is 0.263 e. The zero-order chi connectivity index (χ0) is 21.9. The average molecular weight is 451 g/mol. The van der Waals surface area contributed by atoms with E-state index in [0.717, 1.165) is 6.42 Å². The van der Waals surface area contributed by atoms with Gasteiger partial charge in [0.15, 0.2) is 5.13 Å². The van der Waals surface area contributed by atoms with Crippen LogP contribution in [-0.2, 0) is 19.6 Å². The number of hydrogen-bond acceptors (Lipinski definition) is 6. The van der Waals surface area contributed by atoms with E-state index in [2.05, 4.69) is 15.0 Å². The van der Waals surface area contributed by atoms with E-state index < -0.39 is 15.4 Å². The van der Waals surface area contributed by atoms with Gasteiger partial charge in [-0.05, 0) is 37.1 Å². The molecule has 8 nitrogen and oxygen atoms in total. The molecule has 1 aliphatic rings. The minimum Gasteiger partial charge on any atom is -0.341 e. The maximum atomic E-state index is 12.7. The van der Waals surface area contributed by atoms with Crippen LogP contribution in [0.25, 0.3) is 0 Å². The molecule has 0 saturated carbocycles. The number of rotatable bonds is 5. The van der Waals surface area contributed by atoms with E-state index in [1.165, 1.54) is 29.7 Å². The number of amides is 2. The Labute approximate surface area is 180 Å². The number of aromatic nitrogens is 1. The zero-order valence-electron chi connectivity index (χ0n) is 17.2. The van der Waals surface area contributed by atoms with Crippen molar-refractivity contribution < 1.29 is 18.0 Å². The normalized spacial score (nSPS) is 17.4. The van der Waals surface area contributed by atoms with Crippen molar-refractivity contribution in [2.75, 3.05) is 23.1 Å². The van der Waals surface area contributed by atoms with Crippen LogP contribution in [0.2, 0.25) is 0 Å². The van der Waals surface area contributed by atoms with Crippen LogP contribution >= 0.6 is 11.3 Å². The first-order valence-electron chi connectivity index (χ1n) is 9.69. The predicted octanol–water partition coefficient (Wildman–Crippen LogP) is 3.17. The molecule has 1 aromatic heterocycles. The number of thiazole rings is 1. The monoisotopic (exact) mass is 450 g/mol. The molecule has 162 valence electrons. The van der Waals surface area contributed by atoms with Gasteiger partial charge < -0.3 is 10.2 Å². The van der Waals surface area contributed by atoms with Gasteiger partial charge in [-0.1, -0.05) is 20.8 Å². The van der Waals surface area contributed by atoms with E-state index in [1.54, 1.807) is 22.4 Å². The number of hydrogen-bond donors (Lipinski definition) is 2. The molecule has 2 aromatic rings. The molecule has 2 N–H and O–H groups in total.